The number of aromatic nitrogens is 3. The predicted molar refractivity (Wildman–Crippen MR) is 148 cm³/mol. The molecule has 0 bridgehead atoms. The number of methoxy groups -OCH3 is 2. The van der Waals surface area contributed by atoms with Crippen molar-refractivity contribution in [2.75, 3.05) is 37.9 Å². The molecule has 1 amide bonds. The van der Waals surface area contributed by atoms with Crippen molar-refractivity contribution in [1.29, 1.82) is 0 Å². The van der Waals surface area contributed by atoms with Crippen LogP contribution >= 0.6 is 34.5 Å². The first-order valence-corrected chi connectivity index (χ1v) is 13.3. The zero-order chi connectivity index (χ0) is 26.8. The quantitative estimate of drug-likeness (QED) is 0.267. The van der Waals surface area contributed by atoms with Gasteiger partial charge in [-0.1, -0.05) is 29.3 Å². The maximum absolute atomic E-state index is 13.2. The maximum Gasteiger partial charge on any atom is 0.258 e. The number of hydrogen-bond donors (Lipinski definition) is 3. The number of carbonyl (C=O) groups is 1. The van der Waals surface area contributed by atoms with Gasteiger partial charge in [-0.25, -0.2) is 15.0 Å². The number of fused-ring (bicyclic) bond motifs is 1. The number of likely N-dealkylation sites (tertiary alicyclic amines) is 1. The lowest BCUT2D eigenvalue weighted by Crippen LogP contribution is -2.21. The number of pyridine rings is 1. The van der Waals surface area contributed by atoms with E-state index in [9.17, 15) is 9.90 Å². The zero-order valence-corrected chi connectivity index (χ0v) is 22.8. The molecule has 0 spiro atoms. The van der Waals surface area contributed by atoms with Crippen LogP contribution in [0.15, 0.2) is 36.1 Å². The number of ether oxygens (including phenoxy) is 2. The minimum atomic E-state index is -0.450. The second kappa shape index (κ2) is 11.3. The summed E-state index contributed by atoms with van der Waals surface area (Å²) in [6, 6.07) is 5.40. The average Bonchev–Trinajstić information content (AvgIpc) is 3.54. The fourth-order valence-electron chi connectivity index (χ4n) is 4.20. The standard InChI is InChI=1S/C25H24Cl2N6O4S/c1-36-16-7-17(37-2)20(27)22(19(16)26)32-25(35)15-11-38-23-21(15)29-12-30-24(23)31-18-4-3-13(8-28-18)9-33-6-5-14(34)10-33/h3-4,7-8,11-12,14,34H,5-6,9-10H2,1-2H3,(H,32,35)(H,28,29,30,31). The van der Waals surface area contributed by atoms with E-state index >= 15 is 0 Å². The number of thiophene rings is 1. The number of amides is 1. The highest BCUT2D eigenvalue weighted by molar-refractivity contribution is 7.18. The minimum Gasteiger partial charge on any atom is -0.495 e. The summed E-state index contributed by atoms with van der Waals surface area (Å²) < 4.78 is 11.2. The molecule has 1 unspecified atom stereocenters. The number of rotatable bonds is 8. The molecule has 1 fully saturated rings. The van der Waals surface area contributed by atoms with Crippen LogP contribution in [-0.4, -0.2) is 64.3 Å². The van der Waals surface area contributed by atoms with Crippen LogP contribution in [-0.2, 0) is 6.54 Å². The molecule has 38 heavy (non-hydrogen) atoms. The summed E-state index contributed by atoms with van der Waals surface area (Å²) in [7, 11) is 2.92. The third-order valence-corrected chi connectivity index (χ3v) is 7.86. The molecule has 198 valence electrons. The van der Waals surface area contributed by atoms with E-state index in [2.05, 4.69) is 30.5 Å². The molecule has 4 aromatic rings. The van der Waals surface area contributed by atoms with Crippen LogP contribution in [0, 0.1) is 0 Å². The lowest BCUT2D eigenvalue weighted by Gasteiger charge is -2.15. The van der Waals surface area contributed by atoms with E-state index in [0.717, 1.165) is 25.1 Å². The van der Waals surface area contributed by atoms with Gasteiger partial charge < -0.3 is 25.2 Å². The van der Waals surface area contributed by atoms with Gasteiger partial charge in [-0.2, -0.15) is 0 Å². The normalized spacial score (nSPS) is 15.6. The van der Waals surface area contributed by atoms with Crippen molar-refractivity contribution in [3.63, 3.8) is 0 Å². The summed E-state index contributed by atoms with van der Waals surface area (Å²) in [4.78, 5) is 28.6. The molecular weight excluding hydrogens is 551 g/mol. The topological polar surface area (TPSA) is 122 Å². The van der Waals surface area contributed by atoms with Crippen LogP contribution < -0.4 is 20.1 Å². The van der Waals surface area contributed by atoms with Crippen molar-refractivity contribution < 1.29 is 19.4 Å². The summed E-state index contributed by atoms with van der Waals surface area (Å²) in [6.45, 7) is 2.29. The van der Waals surface area contributed by atoms with E-state index in [0.29, 0.717) is 45.5 Å². The van der Waals surface area contributed by atoms with Gasteiger partial charge in [-0.05, 0) is 18.1 Å². The van der Waals surface area contributed by atoms with Gasteiger partial charge in [0.1, 0.15) is 33.7 Å². The van der Waals surface area contributed by atoms with Gasteiger partial charge in [0.25, 0.3) is 5.91 Å². The van der Waals surface area contributed by atoms with Gasteiger partial charge in [0.05, 0.1) is 41.8 Å². The molecule has 1 saturated heterocycles. The Kier molecular flexibility index (Phi) is 7.82. The highest BCUT2D eigenvalue weighted by Crippen LogP contribution is 2.44. The zero-order valence-electron chi connectivity index (χ0n) is 20.5. The lowest BCUT2D eigenvalue weighted by molar-refractivity contribution is 0.102. The number of nitrogens with one attached hydrogen (secondary N) is 2. The van der Waals surface area contributed by atoms with E-state index < -0.39 is 5.91 Å². The molecule has 4 heterocycles. The molecule has 3 aromatic heterocycles. The van der Waals surface area contributed by atoms with Gasteiger partial charge >= 0.3 is 0 Å². The van der Waals surface area contributed by atoms with Gasteiger partial charge in [0, 0.05) is 37.3 Å². The van der Waals surface area contributed by atoms with Crippen molar-refractivity contribution in [3.05, 3.63) is 57.3 Å². The molecule has 0 radical (unpaired) electrons. The Morgan fingerprint density at radius 2 is 1.95 bits per heavy atom. The van der Waals surface area contributed by atoms with E-state index in [1.54, 1.807) is 17.6 Å². The Morgan fingerprint density at radius 3 is 2.58 bits per heavy atom. The van der Waals surface area contributed by atoms with Gasteiger partial charge in [0.15, 0.2) is 5.82 Å². The van der Waals surface area contributed by atoms with Crippen LogP contribution in [0.2, 0.25) is 10.0 Å². The number of hydrogen-bond acceptors (Lipinski definition) is 10. The summed E-state index contributed by atoms with van der Waals surface area (Å²) in [5, 5.41) is 17.7. The Hall–Kier alpha value is -3.22. The predicted octanol–water partition coefficient (Wildman–Crippen LogP) is 4.97. The lowest BCUT2D eigenvalue weighted by atomic mass is 10.2. The van der Waals surface area contributed by atoms with E-state index in [-0.39, 0.29) is 21.8 Å². The highest BCUT2D eigenvalue weighted by Gasteiger charge is 2.23. The summed E-state index contributed by atoms with van der Waals surface area (Å²) in [6.07, 6.45) is 3.73. The number of aliphatic hydroxyl groups excluding tert-OH is 1. The first kappa shape index (κ1) is 26.4. The first-order valence-electron chi connectivity index (χ1n) is 11.6. The molecule has 0 aliphatic carbocycles. The van der Waals surface area contributed by atoms with Gasteiger partial charge in [-0.15, -0.1) is 11.3 Å². The third kappa shape index (κ3) is 5.33. The number of benzene rings is 1. The smallest absolute Gasteiger partial charge is 0.258 e. The monoisotopic (exact) mass is 574 g/mol. The minimum absolute atomic E-state index is 0.151. The molecule has 0 saturated carbocycles. The van der Waals surface area contributed by atoms with Crippen LogP contribution in [0.4, 0.5) is 17.3 Å². The highest BCUT2D eigenvalue weighted by atomic mass is 35.5. The Balaban J connectivity index is 1.35. The van der Waals surface area contributed by atoms with Crippen molar-refractivity contribution in [2.24, 2.45) is 0 Å². The second-order valence-electron chi connectivity index (χ2n) is 8.64. The molecule has 1 aliphatic heterocycles. The maximum atomic E-state index is 13.2. The van der Waals surface area contributed by atoms with Crippen LogP contribution in [0.3, 0.4) is 0 Å². The van der Waals surface area contributed by atoms with Crippen LogP contribution in [0.1, 0.15) is 22.3 Å². The fraction of sp³-hybridized carbons (Fsp3) is 0.280. The molecular formula is C25H24Cl2N6O4S. The van der Waals surface area contributed by atoms with Crippen molar-refractivity contribution in [2.45, 2.75) is 19.1 Å². The number of carbonyl (C=O) groups excluding carboxylic acids is 1. The Morgan fingerprint density at radius 1 is 1.18 bits per heavy atom. The molecule has 1 aliphatic rings. The summed E-state index contributed by atoms with van der Waals surface area (Å²) in [5.41, 5.74) is 2.03. The summed E-state index contributed by atoms with van der Waals surface area (Å²) >= 11 is 14.2. The largest absolute Gasteiger partial charge is 0.495 e. The number of aliphatic hydroxyl groups is 1. The van der Waals surface area contributed by atoms with Crippen molar-refractivity contribution in [3.8, 4) is 11.5 Å². The van der Waals surface area contributed by atoms with Crippen molar-refractivity contribution in [1.82, 2.24) is 19.9 Å². The first-order chi connectivity index (χ1) is 18.4. The molecule has 1 atom stereocenters. The van der Waals surface area contributed by atoms with Crippen molar-refractivity contribution >= 4 is 68.0 Å². The molecule has 1 aromatic carbocycles. The molecule has 10 nitrogen and oxygen atoms in total. The average molecular weight is 575 g/mol. The second-order valence-corrected chi connectivity index (χ2v) is 10.3. The SMILES string of the molecule is COc1cc(OC)c(Cl)c(NC(=O)c2csc3c(Nc4ccc(CN5CCC(O)C5)cn4)ncnc23)c1Cl. The Bertz CT molecular complexity index is 1450. The molecule has 13 heteroatoms. The molecule has 3 N–H and O–H groups in total. The third-order valence-electron chi connectivity index (χ3n) is 6.14. The van der Waals surface area contributed by atoms with E-state index in [1.807, 2.05) is 12.1 Å². The summed E-state index contributed by atoms with van der Waals surface area (Å²) in [5.74, 6) is 1.31. The Labute approximate surface area is 232 Å². The number of nitrogens with zero attached hydrogens (tertiary/aromatic N) is 4. The molecule has 5 rings (SSSR count). The van der Waals surface area contributed by atoms with Crippen LogP contribution in [0.5, 0.6) is 11.5 Å². The van der Waals surface area contributed by atoms with E-state index in [1.165, 1.54) is 31.9 Å². The van der Waals surface area contributed by atoms with Crippen LogP contribution in [0.25, 0.3) is 10.2 Å². The number of halogens is 2. The number of anilines is 3. The van der Waals surface area contributed by atoms with E-state index in [4.69, 9.17) is 32.7 Å². The van der Waals surface area contributed by atoms with Gasteiger partial charge in [-0.3, -0.25) is 9.69 Å². The fourth-order valence-corrected chi connectivity index (χ4v) is 5.74. The number of β-amino-alcohol motifs (C(OH)–C–C–N with tert-alkyl or cyclic N) is 1. The van der Waals surface area contributed by atoms with Gasteiger partial charge in [0.2, 0.25) is 0 Å².